The molecule has 0 aromatic heterocycles. The van der Waals surface area contributed by atoms with Gasteiger partial charge in [-0.2, -0.15) is 0 Å². The van der Waals surface area contributed by atoms with Crippen molar-refractivity contribution in [3.8, 4) is 5.75 Å². The summed E-state index contributed by atoms with van der Waals surface area (Å²) in [6.45, 7) is 1.39. The van der Waals surface area contributed by atoms with Gasteiger partial charge in [0.25, 0.3) is 0 Å². The Kier molecular flexibility index (Phi) is 4.74. The number of hydrogen-bond donors (Lipinski definition) is 1. The van der Waals surface area contributed by atoms with Crippen LogP contribution in [0.2, 0.25) is 0 Å². The highest BCUT2D eigenvalue weighted by Gasteiger charge is 2.44. The van der Waals surface area contributed by atoms with Crippen LogP contribution in [-0.2, 0) is 4.79 Å². The summed E-state index contributed by atoms with van der Waals surface area (Å²) in [6.07, 6.45) is 5.18. The molecule has 0 unspecified atom stereocenters. The van der Waals surface area contributed by atoms with Crippen molar-refractivity contribution in [1.29, 1.82) is 0 Å². The van der Waals surface area contributed by atoms with Crippen LogP contribution in [0.25, 0.3) is 0 Å². The molecular formula is C21H29N3O3. The Morgan fingerprint density at radius 1 is 1.22 bits per heavy atom. The van der Waals surface area contributed by atoms with E-state index in [1.54, 1.807) is 19.0 Å². The molecule has 4 rings (SSSR count). The van der Waals surface area contributed by atoms with Crippen molar-refractivity contribution in [3.05, 3.63) is 29.8 Å². The summed E-state index contributed by atoms with van der Waals surface area (Å²) in [7, 11) is 3.57. The molecule has 2 fully saturated rings. The number of urea groups is 1. The van der Waals surface area contributed by atoms with Crippen LogP contribution in [0.1, 0.15) is 50.0 Å². The average Bonchev–Trinajstić information content (AvgIpc) is 3.45. The van der Waals surface area contributed by atoms with Crippen LogP contribution >= 0.6 is 0 Å². The monoisotopic (exact) mass is 371 g/mol. The van der Waals surface area contributed by atoms with Crippen LogP contribution < -0.4 is 10.1 Å². The third-order valence-corrected chi connectivity index (χ3v) is 6.01. The smallest absolute Gasteiger partial charge is 0.319 e. The molecule has 1 spiro atoms. The fourth-order valence-corrected chi connectivity index (χ4v) is 4.36. The van der Waals surface area contributed by atoms with Gasteiger partial charge in [0.05, 0.1) is 0 Å². The molecule has 1 saturated heterocycles. The van der Waals surface area contributed by atoms with E-state index in [4.69, 9.17) is 4.74 Å². The lowest BCUT2D eigenvalue weighted by Gasteiger charge is -2.47. The molecule has 3 amide bonds. The predicted octanol–water partition coefficient (Wildman–Crippen LogP) is 2.74. The second kappa shape index (κ2) is 7.06. The van der Waals surface area contributed by atoms with Gasteiger partial charge in [-0.1, -0.05) is 18.2 Å². The maximum absolute atomic E-state index is 12.4. The summed E-state index contributed by atoms with van der Waals surface area (Å²) in [5.41, 5.74) is 0.864. The topological polar surface area (TPSA) is 61.9 Å². The minimum absolute atomic E-state index is 0.0569. The molecule has 2 heterocycles. The zero-order valence-corrected chi connectivity index (χ0v) is 16.2. The number of carbonyl (C=O) groups excluding carboxylic acids is 2. The quantitative estimate of drug-likeness (QED) is 0.889. The molecule has 6 heteroatoms. The van der Waals surface area contributed by atoms with Gasteiger partial charge < -0.3 is 19.9 Å². The highest BCUT2D eigenvalue weighted by Crippen LogP contribution is 2.46. The van der Waals surface area contributed by atoms with E-state index in [1.807, 2.05) is 23.1 Å². The zero-order chi connectivity index (χ0) is 19.0. The average molecular weight is 371 g/mol. The van der Waals surface area contributed by atoms with E-state index in [2.05, 4.69) is 11.4 Å². The predicted molar refractivity (Wildman–Crippen MR) is 103 cm³/mol. The standard InChI is InChI=1S/C21H29N3O3/c1-23(2)20(26)24-11-9-21(10-12-24)14-15(13-19(25)22-16-7-8-16)17-5-3-4-6-18(17)27-21/h3-6,15-16H,7-14H2,1-2H3,(H,22,25)/t15-/m0/s1. The van der Waals surface area contributed by atoms with Crippen LogP contribution in [0.5, 0.6) is 5.75 Å². The van der Waals surface area contributed by atoms with Crippen molar-refractivity contribution < 1.29 is 14.3 Å². The number of fused-ring (bicyclic) bond motifs is 1. The Balaban J connectivity index is 1.48. The summed E-state index contributed by atoms with van der Waals surface area (Å²) in [4.78, 5) is 28.2. The van der Waals surface area contributed by atoms with Crippen molar-refractivity contribution in [2.24, 2.45) is 0 Å². The van der Waals surface area contributed by atoms with Crippen LogP contribution in [-0.4, -0.2) is 60.6 Å². The highest BCUT2D eigenvalue weighted by atomic mass is 16.5. The van der Waals surface area contributed by atoms with Gasteiger partial charge in [0.15, 0.2) is 0 Å². The van der Waals surface area contributed by atoms with Gasteiger partial charge in [-0.15, -0.1) is 0 Å². The number of ether oxygens (including phenoxy) is 1. The molecule has 2 aliphatic heterocycles. The molecule has 1 atom stereocenters. The number of nitrogens with one attached hydrogen (secondary N) is 1. The Morgan fingerprint density at radius 2 is 1.93 bits per heavy atom. The first kappa shape index (κ1) is 18.1. The first-order valence-electron chi connectivity index (χ1n) is 9.99. The molecule has 0 radical (unpaired) electrons. The minimum Gasteiger partial charge on any atom is -0.487 e. The second-order valence-electron chi connectivity index (χ2n) is 8.43. The summed E-state index contributed by atoms with van der Waals surface area (Å²) < 4.78 is 6.47. The van der Waals surface area contributed by atoms with Crippen molar-refractivity contribution in [1.82, 2.24) is 15.1 Å². The zero-order valence-electron chi connectivity index (χ0n) is 16.2. The Hall–Kier alpha value is -2.24. The number of carbonyl (C=O) groups is 2. The van der Waals surface area contributed by atoms with E-state index in [9.17, 15) is 9.59 Å². The number of amides is 3. The Labute approximate surface area is 160 Å². The van der Waals surface area contributed by atoms with Gasteiger partial charge in [-0.3, -0.25) is 4.79 Å². The van der Waals surface area contributed by atoms with Gasteiger partial charge in [0, 0.05) is 58.4 Å². The maximum atomic E-state index is 12.4. The van der Waals surface area contributed by atoms with Crippen molar-refractivity contribution in [2.45, 2.75) is 56.1 Å². The van der Waals surface area contributed by atoms with E-state index in [0.717, 1.165) is 43.4 Å². The number of piperidine rings is 1. The third-order valence-electron chi connectivity index (χ3n) is 6.01. The maximum Gasteiger partial charge on any atom is 0.319 e. The third kappa shape index (κ3) is 3.89. The van der Waals surface area contributed by atoms with E-state index >= 15 is 0 Å². The van der Waals surface area contributed by atoms with E-state index < -0.39 is 0 Å². The van der Waals surface area contributed by atoms with E-state index in [0.29, 0.717) is 25.6 Å². The Morgan fingerprint density at radius 3 is 2.59 bits per heavy atom. The summed E-state index contributed by atoms with van der Waals surface area (Å²) in [6, 6.07) is 8.55. The first-order valence-corrected chi connectivity index (χ1v) is 9.99. The lowest BCUT2D eigenvalue weighted by atomic mass is 9.76. The number of para-hydroxylation sites is 1. The molecule has 146 valence electrons. The summed E-state index contributed by atoms with van der Waals surface area (Å²) in [5.74, 6) is 1.22. The molecule has 1 N–H and O–H groups in total. The van der Waals surface area contributed by atoms with Gasteiger partial charge >= 0.3 is 6.03 Å². The molecule has 1 aromatic carbocycles. The van der Waals surface area contributed by atoms with Gasteiger partial charge in [-0.05, 0) is 30.9 Å². The molecular weight excluding hydrogens is 342 g/mol. The van der Waals surface area contributed by atoms with Gasteiger partial charge in [-0.25, -0.2) is 4.79 Å². The summed E-state index contributed by atoms with van der Waals surface area (Å²) >= 11 is 0. The molecule has 6 nitrogen and oxygen atoms in total. The lowest BCUT2D eigenvalue weighted by molar-refractivity contribution is -0.122. The number of likely N-dealkylation sites (tertiary alicyclic amines) is 1. The SMILES string of the molecule is CN(C)C(=O)N1CCC2(CC1)C[C@H](CC(=O)NC1CC1)c1ccccc1O2. The molecule has 1 aliphatic carbocycles. The van der Waals surface area contributed by atoms with Gasteiger partial charge in [0.2, 0.25) is 5.91 Å². The minimum atomic E-state index is -0.276. The highest BCUT2D eigenvalue weighted by molar-refractivity contribution is 5.78. The fraction of sp³-hybridized carbons (Fsp3) is 0.619. The first-order chi connectivity index (χ1) is 13.0. The van der Waals surface area contributed by atoms with Gasteiger partial charge in [0.1, 0.15) is 11.4 Å². The Bertz CT molecular complexity index is 721. The fourth-order valence-electron chi connectivity index (χ4n) is 4.36. The number of benzene rings is 1. The molecule has 1 aromatic rings. The van der Waals surface area contributed by atoms with Crippen LogP contribution in [0.3, 0.4) is 0 Å². The van der Waals surface area contributed by atoms with Crippen LogP contribution in [0.15, 0.2) is 24.3 Å². The van der Waals surface area contributed by atoms with Crippen molar-refractivity contribution >= 4 is 11.9 Å². The molecule has 1 saturated carbocycles. The van der Waals surface area contributed by atoms with Crippen LogP contribution in [0, 0.1) is 0 Å². The van der Waals surface area contributed by atoms with E-state index in [-0.39, 0.29) is 23.5 Å². The molecule has 27 heavy (non-hydrogen) atoms. The molecule has 3 aliphatic rings. The van der Waals surface area contributed by atoms with Crippen molar-refractivity contribution in [2.75, 3.05) is 27.2 Å². The second-order valence-corrected chi connectivity index (χ2v) is 8.43. The number of rotatable bonds is 3. The van der Waals surface area contributed by atoms with Crippen molar-refractivity contribution in [3.63, 3.8) is 0 Å². The number of hydrogen-bond acceptors (Lipinski definition) is 3. The number of nitrogens with zero attached hydrogens (tertiary/aromatic N) is 2. The largest absolute Gasteiger partial charge is 0.487 e. The molecule has 0 bridgehead atoms. The van der Waals surface area contributed by atoms with Crippen LogP contribution in [0.4, 0.5) is 4.79 Å². The lowest BCUT2D eigenvalue weighted by Crippen LogP contribution is -2.53. The normalized spacial score (nSPS) is 23.3. The summed E-state index contributed by atoms with van der Waals surface area (Å²) in [5, 5.41) is 3.12. The van der Waals surface area contributed by atoms with E-state index in [1.165, 1.54) is 0 Å².